The molecule has 1 aromatic rings. The van der Waals surface area contributed by atoms with Crippen molar-refractivity contribution < 1.29 is 18.3 Å². The Kier molecular flexibility index (Phi) is 10.9. The van der Waals surface area contributed by atoms with Crippen LogP contribution in [0.5, 0.6) is 11.5 Å². The summed E-state index contributed by atoms with van der Waals surface area (Å²) in [5.74, 6) is 1.11. The van der Waals surface area contributed by atoms with Gasteiger partial charge in [-0.15, -0.1) is 0 Å². The lowest BCUT2D eigenvalue weighted by Gasteiger charge is -2.21. The molecular weight excluding hydrogens is 335 g/mol. The van der Waals surface area contributed by atoms with Crippen molar-refractivity contribution in [1.29, 1.82) is 0 Å². The third-order valence-corrected chi connectivity index (χ3v) is 5.69. The molecule has 0 fully saturated rings. The van der Waals surface area contributed by atoms with Crippen LogP contribution in [0.1, 0.15) is 72.6 Å². The van der Waals surface area contributed by atoms with Crippen molar-refractivity contribution in [3.05, 3.63) is 24.3 Å². The van der Waals surface area contributed by atoms with Gasteiger partial charge in [-0.1, -0.05) is 58.1 Å². The summed E-state index contributed by atoms with van der Waals surface area (Å²) >= 11 is 0. The minimum atomic E-state index is -3.16. The smallest absolute Gasteiger partial charge is 0.379 e. The molecule has 0 bridgehead atoms. The number of hydrogen-bond acceptors (Lipinski definition) is 4. The fraction of sp³-hybridized carbons (Fsp3) is 0.700. The highest BCUT2D eigenvalue weighted by molar-refractivity contribution is 7.54. The predicted octanol–water partition coefficient (Wildman–Crippen LogP) is 6.83. The minimum absolute atomic E-state index is 0.0271. The Morgan fingerprint density at radius 2 is 1.56 bits per heavy atom. The van der Waals surface area contributed by atoms with E-state index in [0.717, 1.165) is 25.7 Å². The molecule has 0 amide bonds. The van der Waals surface area contributed by atoms with Gasteiger partial charge in [0.2, 0.25) is 0 Å². The van der Waals surface area contributed by atoms with E-state index in [1.54, 1.807) is 6.07 Å². The summed E-state index contributed by atoms with van der Waals surface area (Å²) in [6.07, 6.45) is 7.92. The van der Waals surface area contributed by atoms with Gasteiger partial charge < -0.3 is 9.26 Å². The zero-order valence-electron chi connectivity index (χ0n) is 16.3. The van der Waals surface area contributed by atoms with Gasteiger partial charge in [0.25, 0.3) is 0 Å². The monoisotopic (exact) mass is 370 g/mol. The molecule has 0 saturated carbocycles. The average Bonchev–Trinajstić information content (AvgIpc) is 2.58. The van der Waals surface area contributed by atoms with Crippen LogP contribution >= 0.6 is 7.60 Å². The molecule has 0 radical (unpaired) electrons. The topological polar surface area (TPSA) is 44.8 Å². The SMILES string of the molecule is CCCCCCCOP(=O)(CCCC)Oc1ccccc1OC(C)C. The molecule has 0 N–H and O–H groups in total. The molecule has 4 nitrogen and oxygen atoms in total. The van der Waals surface area contributed by atoms with E-state index < -0.39 is 7.60 Å². The fourth-order valence-electron chi connectivity index (χ4n) is 2.42. The maximum Gasteiger partial charge on any atom is 0.379 e. The van der Waals surface area contributed by atoms with Crippen LogP contribution < -0.4 is 9.26 Å². The second-order valence-electron chi connectivity index (χ2n) is 6.64. The molecule has 5 heteroatoms. The highest BCUT2D eigenvalue weighted by atomic mass is 31.2. The first-order valence-corrected chi connectivity index (χ1v) is 11.4. The van der Waals surface area contributed by atoms with Crippen molar-refractivity contribution in [2.45, 2.75) is 78.7 Å². The summed E-state index contributed by atoms with van der Waals surface area (Å²) in [4.78, 5) is 0. The van der Waals surface area contributed by atoms with E-state index in [1.807, 2.05) is 32.0 Å². The summed E-state index contributed by atoms with van der Waals surface area (Å²) < 4.78 is 30.6. The van der Waals surface area contributed by atoms with E-state index in [4.69, 9.17) is 13.8 Å². The van der Waals surface area contributed by atoms with Gasteiger partial charge in [-0.25, -0.2) is 4.57 Å². The zero-order chi connectivity index (χ0) is 18.5. The number of hydrogen-bond donors (Lipinski definition) is 0. The lowest BCUT2D eigenvalue weighted by molar-refractivity contribution is 0.225. The van der Waals surface area contributed by atoms with Crippen molar-refractivity contribution in [3.8, 4) is 11.5 Å². The average molecular weight is 370 g/mol. The largest absolute Gasteiger partial charge is 0.487 e. The number of ether oxygens (including phenoxy) is 1. The predicted molar refractivity (Wildman–Crippen MR) is 105 cm³/mol. The number of unbranched alkanes of at least 4 members (excludes halogenated alkanes) is 5. The number of rotatable bonds is 14. The van der Waals surface area contributed by atoms with E-state index >= 15 is 0 Å². The molecule has 25 heavy (non-hydrogen) atoms. The van der Waals surface area contributed by atoms with E-state index in [9.17, 15) is 4.57 Å². The second kappa shape index (κ2) is 12.4. The molecule has 0 aliphatic carbocycles. The molecular formula is C20H35O4P. The molecule has 0 aliphatic rings. The summed E-state index contributed by atoms with van der Waals surface area (Å²) in [6.45, 7) is 8.67. The lowest BCUT2D eigenvalue weighted by Crippen LogP contribution is -2.08. The van der Waals surface area contributed by atoms with Crippen LogP contribution in [0.25, 0.3) is 0 Å². The van der Waals surface area contributed by atoms with Crippen LogP contribution in [-0.4, -0.2) is 18.9 Å². The van der Waals surface area contributed by atoms with Gasteiger partial charge in [-0.2, -0.15) is 0 Å². The summed E-state index contributed by atoms with van der Waals surface area (Å²) in [7, 11) is -3.16. The van der Waals surface area contributed by atoms with Crippen molar-refractivity contribution in [3.63, 3.8) is 0 Å². The maximum atomic E-state index is 13.2. The lowest BCUT2D eigenvalue weighted by atomic mass is 10.2. The first kappa shape index (κ1) is 22.1. The Balaban J connectivity index is 2.69. The van der Waals surface area contributed by atoms with Crippen LogP contribution in [0.3, 0.4) is 0 Å². The normalized spacial score (nSPS) is 13.6. The Morgan fingerprint density at radius 1 is 0.920 bits per heavy atom. The van der Waals surface area contributed by atoms with Gasteiger partial charge in [0, 0.05) is 0 Å². The standard InChI is InChI=1S/C20H35O4P/c1-5-7-9-10-13-16-22-25(21,17-8-6-2)24-20-15-12-11-14-19(20)23-18(3)4/h11-12,14-15,18H,5-10,13,16-17H2,1-4H3. The Hall–Kier alpha value is -0.990. The fourth-order valence-corrected chi connectivity index (χ4v) is 4.26. The van der Waals surface area contributed by atoms with Crippen LogP contribution in [-0.2, 0) is 9.09 Å². The van der Waals surface area contributed by atoms with Crippen molar-refractivity contribution in [2.24, 2.45) is 0 Å². The third-order valence-electron chi connectivity index (χ3n) is 3.77. The van der Waals surface area contributed by atoms with Gasteiger partial charge in [0.05, 0.1) is 18.9 Å². The first-order valence-electron chi connectivity index (χ1n) is 9.69. The third kappa shape index (κ3) is 9.32. The Labute approximate surface area is 153 Å². The molecule has 0 saturated heterocycles. The Bertz CT molecular complexity index is 516. The van der Waals surface area contributed by atoms with Crippen molar-refractivity contribution >= 4 is 7.60 Å². The minimum Gasteiger partial charge on any atom is -0.487 e. The molecule has 0 aliphatic heterocycles. The van der Waals surface area contributed by atoms with Crippen LogP contribution in [0.15, 0.2) is 24.3 Å². The first-order chi connectivity index (χ1) is 12.0. The summed E-state index contributed by atoms with van der Waals surface area (Å²) in [6, 6.07) is 7.37. The van der Waals surface area contributed by atoms with E-state index in [-0.39, 0.29) is 6.10 Å². The summed E-state index contributed by atoms with van der Waals surface area (Å²) in [5, 5.41) is 0. The number of para-hydroxylation sites is 2. The Morgan fingerprint density at radius 3 is 2.20 bits per heavy atom. The molecule has 0 heterocycles. The highest BCUT2D eigenvalue weighted by Gasteiger charge is 2.27. The molecule has 1 aromatic carbocycles. The van der Waals surface area contributed by atoms with Crippen molar-refractivity contribution in [2.75, 3.05) is 12.8 Å². The molecule has 1 rings (SSSR count). The number of benzene rings is 1. The summed E-state index contributed by atoms with van der Waals surface area (Å²) in [5.41, 5.74) is 0. The molecule has 1 unspecified atom stereocenters. The van der Waals surface area contributed by atoms with Crippen LogP contribution in [0, 0.1) is 0 Å². The van der Waals surface area contributed by atoms with Crippen molar-refractivity contribution in [1.82, 2.24) is 0 Å². The quantitative estimate of drug-likeness (QED) is 0.266. The van der Waals surface area contributed by atoms with Crippen LogP contribution in [0.2, 0.25) is 0 Å². The molecule has 0 aromatic heterocycles. The van der Waals surface area contributed by atoms with Gasteiger partial charge in [-0.05, 0) is 38.8 Å². The van der Waals surface area contributed by atoms with Gasteiger partial charge >= 0.3 is 7.60 Å². The molecule has 144 valence electrons. The second-order valence-corrected chi connectivity index (χ2v) is 8.75. The van der Waals surface area contributed by atoms with E-state index in [0.29, 0.717) is 24.3 Å². The maximum absolute atomic E-state index is 13.2. The molecule has 1 atom stereocenters. The van der Waals surface area contributed by atoms with Crippen LogP contribution in [0.4, 0.5) is 0 Å². The van der Waals surface area contributed by atoms with Gasteiger partial charge in [0.15, 0.2) is 11.5 Å². The van der Waals surface area contributed by atoms with Gasteiger partial charge in [-0.3, -0.25) is 4.52 Å². The zero-order valence-corrected chi connectivity index (χ0v) is 17.2. The van der Waals surface area contributed by atoms with E-state index in [2.05, 4.69) is 13.8 Å². The highest BCUT2D eigenvalue weighted by Crippen LogP contribution is 2.51. The van der Waals surface area contributed by atoms with E-state index in [1.165, 1.54) is 19.3 Å². The van der Waals surface area contributed by atoms with Gasteiger partial charge in [0.1, 0.15) is 0 Å². The molecule has 0 spiro atoms.